The van der Waals surface area contributed by atoms with Gasteiger partial charge in [0, 0.05) is 29.9 Å². The molecule has 34 heavy (non-hydrogen) atoms. The van der Waals surface area contributed by atoms with Gasteiger partial charge in [-0.25, -0.2) is 0 Å². The van der Waals surface area contributed by atoms with Crippen LogP contribution in [0.25, 0.3) is 0 Å². The fourth-order valence-corrected chi connectivity index (χ4v) is 3.84. The third-order valence-corrected chi connectivity index (χ3v) is 5.57. The standard InChI is InChI=1S/C26H23F3N2O3/c1-2-22-25(33)31(15-17-7-6-10-20(13-17)26(27,28)29)16-19-14-21(11-12-23(19)34-22)30-24(32)18-8-4-3-5-9-18/h3-14,22H,2,15-16H2,1H3,(H,30,32)/t22-/m0/s1. The second-order valence-corrected chi connectivity index (χ2v) is 8.05. The molecule has 176 valence electrons. The molecule has 0 bridgehead atoms. The third kappa shape index (κ3) is 5.22. The molecule has 0 radical (unpaired) electrons. The topological polar surface area (TPSA) is 58.6 Å². The lowest BCUT2D eigenvalue weighted by Crippen LogP contribution is -2.38. The second kappa shape index (κ2) is 9.59. The Kier molecular flexibility index (Phi) is 6.58. The van der Waals surface area contributed by atoms with Crippen LogP contribution in [0.1, 0.15) is 40.4 Å². The molecule has 0 saturated carbocycles. The Morgan fingerprint density at radius 1 is 1.06 bits per heavy atom. The number of carbonyl (C=O) groups excluding carboxylic acids is 2. The predicted octanol–water partition coefficient (Wildman–Crippen LogP) is 5.66. The Morgan fingerprint density at radius 2 is 1.82 bits per heavy atom. The van der Waals surface area contributed by atoms with Gasteiger partial charge in [0.2, 0.25) is 0 Å². The van der Waals surface area contributed by atoms with E-state index >= 15 is 0 Å². The zero-order valence-corrected chi connectivity index (χ0v) is 18.4. The summed E-state index contributed by atoms with van der Waals surface area (Å²) in [5.74, 6) is -0.0751. The number of fused-ring (bicyclic) bond motifs is 1. The summed E-state index contributed by atoms with van der Waals surface area (Å²) in [6.07, 6.45) is -4.81. The number of amides is 2. The lowest BCUT2D eigenvalue weighted by molar-refractivity contribution is -0.139. The van der Waals surface area contributed by atoms with Gasteiger partial charge in [-0.1, -0.05) is 37.3 Å². The SMILES string of the molecule is CC[C@@H]1Oc2ccc(NC(=O)c3ccccc3)cc2CN(Cc2cccc(C(F)(F)F)c2)C1=O. The van der Waals surface area contributed by atoms with Crippen molar-refractivity contribution in [2.45, 2.75) is 38.7 Å². The first-order valence-electron chi connectivity index (χ1n) is 10.9. The van der Waals surface area contributed by atoms with E-state index in [-0.39, 0.29) is 24.9 Å². The number of carbonyl (C=O) groups is 2. The molecular weight excluding hydrogens is 445 g/mol. The minimum atomic E-state index is -4.47. The van der Waals surface area contributed by atoms with Gasteiger partial charge in [-0.15, -0.1) is 0 Å². The lowest BCUT2D eigenvalue weighted by Gasteiger charge is -2.23. The van der Waals surface area contributed by atoms with Crippen molar-refractivity contribution < 1.29 is 27.5 Å². The Balaban J connectivity index is 1.60. The van der Waals surface area contributed by atoms with Crippen molar-refractivity contribution in [3.05, 3.63) is 95.1 Å². The summed E-state index contributed by atoms with van der Waals surface area (Å²) in [7, 11) is 0. The van der Waals surface area contributed by atoms with E-state index < -0.39 is 17.8 Å². The molecule has 0 fully saturated rings. The van der Waals surface area contributed by atoms with Crippen LogP contribution < -0.4 is 10.1 Å². The molecule has 1 N–H and O–H groups in total. The first kappa shape index (κ1) is 23.4. The molecule has 3 aromatic carbocycles. The maximum atomic E-state index is 13.1. The molecule has 1 aliphatic rings. The van der Waals surface area contributed by atoms with Crippen molar-refractivity contribution in [1.29, 1.82) is 0 Å². The zero-order chi connectivity index (χ0) is 24.3. The largest absolute Gasteiger partial charge is 0.480 e. The summed E-state index contributed by atoms with van der Waals surface area (Å²) < 4.78 is 45.3. The molecule has 4 rings (SSSR count). The van der Waals surface area contributed by atoms with Gasteiger partial charge in [0.15, 0.2) is 6.10 Å². The van der Waals surface area contributed by atoms with Crippen LogP contribution in [0.5, 0.6) is 5.75 Å². The molecule has 0 aromatic heterocycles. The number of benzene rings is 3. The van der Waals surface area contributed by atoms with Crippen molar-refractivity contribution >= 4 is 17.5 Å². The molecule has 1 heterocycles. The Labute approximate surface area is 195 Å². The summed E-state index contributed by atoms with van der Waals surface area (Å²) in [5.41, 5.74) is 1.29. The Morgan fingerprint density at radius 3 is 2.53 bits per heavy atom. The zero-order valence-electron chi connectivity index (χ0n) is 18.4. The highest BCUT2D eigenvalue weighted by Gasteiger charge is 2.32. The number of rotatable bonds is 5. The minimum absolute atomic E-state index is 0.00263. The van der Waals surface area contributed by atoms with Crippen molar-refractivity contribution in [1.82, 2.24) is 4.90 Å². The summed E-state index contributed by atoms with van der Waals surface area (Å²) in [6, 6.07) is 18.8. The van der Waals surface area contributed by atoms with E-state index in [1.165, 1.54) is 11.0 Å². The van der Waals surface area contributed by atoms with Gasteiger partial charge < -0.3 is 15.0 Å². The Hall–Kier alpha value is -3.81. The smallest absolute Gasteiger partial charge is 0.416 e. The molecule has 8 heteroatoms. The van der Waals surface area contributed by atoms with Crippen LogP contribution in [0.4, 0.5) is 18.9 Å². The number of alkyl halides is 3. The van der Waals surface area contributed by atoms with Crippen LogP contribution in [0.2, 0.25) is 0 Å². The number of hydrogen-bond acceptors (Lipinski definition) is 3. The third-order valence-electron chi connectivity index (χ3n) is 5.57. The van der Waals surface area contributed by atoms with Crippen LogP contribution in [0.15, 0.2) is 72.8 Å². The van der Waals surface area contributed by atoms with Gasteiger partial charge in [0.05, 0.1) is 5.56 Å². The number of halogens is 3. The highest BCUT2D eigenvalue weighted by molar-refractivity contribution is 6.04. The molecular formula is C26H23F3N2O3. The van der Waals surface area contributed by atoms with E-state index in [1.54, 1.807) is 48.5 Å². The average Bonchev–Trinajstić information content (AvgIpc) is 2.95. The number of hydrogen-bond donors (Lipinski definition) is 1. The Bertz CT molecular complexity index is 1200. The van der Waals surface area contributed by atoms with Crippen LogP contribution in [-0.2, 0) is 24.1 Å². The van der Waals surface area contributed by atoms with Crippen LogP contribution in [0, 0.1) is 0 Å². The van der Waals surface area contributed by atoms with Gasteiger partial charge in [0.25, 0.3) is 11.8 Å². The highest BCUT2D eigenvalue weighted by atomic mass is 19.4. The highest BCUT2D eigenvalue weighted by Crippen LogP contribution is 2.32. The van der Waals surface area contributed by atoms with Crippen molar-refractivity contribution in [2.24, 2.45) is 0 Å². The van der Waals surface area contributed by atoms with Gasteiger partial charge in [0.1, 0.15) is 5.75 Å². The minimum Gasteiger partial charge on any atom is -0.480 e. The first-order valence-corrected chi connectivity index (χ1v) is 10.9. The molecule has 1 aliphatic heterocycles. The summed E-state index contributed by atoms with van der Waals surface area (Å²) in [4.78, 5) is 27.1. The molecule has 2 amide bonds. The van der Waals surface area contributed by atoms with Crippen molar-refractivity contribution in [3.63, 3.8) is 0 Å². The predicted molar refractivity (Wildman–Crippen MR) is 121 cm³/mol. The van der Waals surface area contributed by atoms with Crippen molar-refractivity contribution in [3.8, 4) is 5.75 Å². The molecule has 1 atom stereocenters. The maximum Gasteiger partial charge on any atom is 0.416 e. The van der Waals surface area contributed by atoms with E-state index in [1.807, 2.05) is 13.0 Å². The van der Waals surface area contributed by atoms with Crippen LogP contribution in [0.3, 0.4) is 0 Å². The molecule has 0 spiro atoms. The number of nitrogens with zero attached hydrogens (tertiary/aromatic N) is 1. The van der Waals surface area contributed by atoms with E-state index in [0.717, 1.165) is 12.1 Å². The number of nitrogens with one attached hydrogen (secondary N) is 1. The van der Waals surface area contributed by atoms with Crippen LogP contribution >= 0.6 is 0 Å². The molecule has 3 aromatic rings. The molecule has 0 aliphatic carbocycles. The van der Waals surface area contributed by atoms with E-state index in [0.29, 0.717) is 34.5 Å². The molecule has 0 saturated heterocycles. The normalized spacial score (nSPS) is 15.8. The number of ether oxygens (including phenoxy) is 1. The fraction of sp³-hybridized carbons (Fsp3) is 0.231. The maximum absolute atomic E-state index is 13.1. The van der Waals surface area contributed by atoms with Crippen LogP contribution in [-0.4, -0.2) is 22.8 Å². The monoisotopic (exact) mass is 468 g/mol. The summed E-state index contributed by atoms with van der Waals surface area (Å²) in [5, 5.41) is 2.83. The number of anilines is 1. The van der Waals surface area contributed by atoms with Gasteiger partial charge in [-0.3, -0.25) is 9.59 Å². The first-order chi connectivity index (χ1) is 16.2. The average molecular weight is 468 g/mol. The fourth-order valence-electron chi connectivity index (χ4n) is 3.84. The van der Waals surface area contributed by atoms with Gasteiger partial charge >= 0.3 is 6.18 Å². The summed E-state index contributed by atoms with van der Waals surface area (Å²) in [6.45, 7) is 1.95. The molecule has 5 nitrogen and oxygen atoms in total. The van der Waals surface area contributed by atoms with Crippen molar-refractivity contribution in [2.75, 3.05) is 5.32 Å². The van der Waals surface area contributed by atoms with Gasteiger partial charge in [-0.2, -0.15) is 13.2 Å². The lowest BCUT2D eigenvalue weighted by atomic mass is 10.1. The quantitative estimate of drug-likeness (QED) is 0.526. The van der Waals surface area contributed by atoms with E-state index in [4.69, 9.17) is 4.74 Å². The summed E-state index contributed by atoms with van der Waals surface area (Å²) >= 11 is 0. The van der Waals surface area contributed by atoms with E-state index in [2.05, 4.69) is 5.32 Å². The molecule has 0 unspecified atom stereocenters. The second-order valence-electron chi connectivity index (χ2n) is 8.05. The van der Waals surface area contributed by atoms with Gasteiger partial charge in [-0.05, 0) is 54.4 Å². The van der Waals surface area contributed by atoms with E-state index in [9.17, 15) is 22.8 Å².